The molecule has 0 radical (unpaired) electrons. The maximum atomic E-state index is 12.9. The molecule has 152 valence electrons. The molecule has 0 unspecified atom stereocenters. The van der Waals surface area contributed by atoms with Gasteiger partial charge in [-0.25, -0.2) is 13.4 Å². The van der Waals surface area contributed by atoms with E-state index in [-0.39, 0.29) is 27.6 Å². The molecule has 30 heavy (non-hydrogen) atoms. The van der Waals surface area contributed by atoms with Gasteiger partial charge < -0.3 is 9.47 Å². The second-order valence-electron chi connectivity index (χ2n) is 6.23. The van der Waals surface area contributed by atoms with E-state index >= 15 is 0 Å². The molecule has 1 aliphatic heterocycles. The average Bonchev–Trinajstić information content (AvgIpc) is 3.03. The highest BCUT2D eigenvalue weighted by molar-refractivity contribution is 7.92. The van der Waals surface area contributed by atoms with Gasteiger partial charge in [-0.15, -0.1) is 0 Å². The van der Waals surface area contributed by atoms with Crippen LogP contribution in [0.25, 0.3) is 0 Å². The van der Waals surface area contributed by atoms with E-state index < -0.39 is 21.8 Å². The largest absolute Gasteiger partial charge is 0.497 e. The number of nitrogens with zero attached hydrogens (tertiary/aromatic N) is 1. The fourth-order valence-electron chi connectivity index (χ4n) is 2.82. The van der Waals surface area contributed by atoms with Gasteiger partial charge in [0.15, 0.2) is 0 Å². The van der Waals surface area contributed by atoms with Crippen molar-refractivity contribution in [1.29, 1.82) is 0 Å². The number of pyridine rings is 1. The molecule has 2 heterocycles. The summed E-state index contributed by atoms with van der Waals surface area (Å²) in [6.45, 7) is 0. The van der Waals surface area contributed by atoms with Crippen molar-refractivity contribution < 1.29 is 27.5 Å². The van der Waals surface area contributed by atoms with E-state index in [2.05, 4.69) is 15.0 Å². The van der Waals surface area contributed by atoms with Crippen molar-refractivity contribution in [2.24, 2.45) is 0 Å². The monoisotopic (exact) mass is 425 g/mol. The Morgan fingerprint density at radius 3 is 2.37 bits per heavy atom. The molecule has 2 aromatic carbocycles. The van der Waals surface area contributed by atoms with Crippen LogP contribution in [0, 0.1) is 0 Å². The summed E-state index contributed by atoms with van der Waals surface area (Å²) in [5.41, 5.74) is 0.238. The molecule has 0 spiro atoms. The Hall–Kier alpha value is -3.92. The summed E-state index contributed by atoms with van der Waals surface area (Å²) in [6, 6.07) is 13.4. The van der Waals surface area contributed by atoms with E-state index in [9.17, 15) is 18.0 Å². The second kappa shape index (κ2) is 7.48. The summed E-state index contributed by atoms with van der Waals surface area (Å²) in [5.74, 6) is -0.0855. The third-order valence-electron chi connectivity index (χ3n) is 4.31. The Balaban J connectivity index is 1.62. The number of anilines is 1. The number of nitrogens with one attached hydrogen (secondary N) is 2. The number of methoxy groups -OCH3 is 1. The Morgan fingerprint density at radius 2 is 1.63 bits per heavy atom. The molecule has 3 aromatic rings. The van der Waals surface area contributed by atoms with E-state index in [0.717, 1.165) is 6.07 Å². The molecule has 0 atom stereocenters. The van der Waals surface area contributed by atoms with Gasteiger partial charge in [-0.1, -0.05) is 0 Å². The number of hydrogen-bond donors (Lipinski definition) is 2. The van der Waals surface area contributed by atoms with Gasteiger partial charge in [-0.05, 0) is 54.6 Å². The highest BCUT2D eigenvalue weighted by atomic mass is 32.2. The fourth-order valence-corrected chi connectivity index (χ4v) is 3.91. The molecule has 1 aromatic heterocycles. The van der Waals surface area contributed by atoms with Gasteiger partial charge in [0.25, 0.3) is 21.8 Å². The maximum absolute atomic E-state index is 12.9. The molecule has 10 heteroatoms. The molecular weight excluding hydrogens is 410 g/mol. The number of fused-ring (bicyclic) bond motifs is 1. The minimum absolute atomic E-state index is 0.00349. The van der Waals surface area contributed by atoms with Crippen LogP contribution in [0.5, 0.6) is 17.4 Å². The van der Waals surface area contributed by atoms with Gasteiger partial charge in [0.2, 0.25) is 5.88 Å². The lowest BCUT2D eigenvalue weighted by Gasteiger charge is -2.13. The minimum atomic E-state index is -4.08. The highest BCUT2D eigenvalue weighted by Crippen LogP contribution is 2.30. The van der Waals surface area contributed by atoms with Gasteiger partial charge in [0, 0.05) is 6.20 Å². The van der Waals surface area contributed by atoms with Crippen LogP contribution >= 0.6 is 0 Å². The number of ether oxygens (including phenoxy) is 2. The predicted octanol–water partition coefficient (Wildman–Crippen LogP) is 2.57. The van der Waals surface area contributed by atoms with Crippen LogP contribution in [-0.2, 0) is 10.0 Å². The third kappa shape index (κ3) is 3.67. The molecule has 0 saturated carbocycles. The van der Waals surface area contributed by atoms with Crippen molar-refractivity contribution in [1.82, 2.24) is 10.3 Å². The average molecular weight is 425 g/mol. The van der Waals surface area contributed by atoms with Crippen LogP contribution in [0.1, 0.15) is 20.7 Å². The fraction of sp³-hybridized carbons (Fsp3) is 0.0500. The van der Waals surface area contributed by atoms with Crippen molar-refractivity contribution in [2.45, 2.75) is 4.90 Å². The number of amides is 2. The molecule has 4 rings (SSSR count). The van der Waals surface area contributed by atoms with E-state index in [1.807, 2.05) is 0 Å². The van der Waals surface area contributed by atoms with E-state index in [1.165, 1.54) is 24.4 Å². The van der Waals surface area contributed by atoms with Crippen LogP contribution < -0.4 is 19.5 Å². The Kier molecular flexibility index (Phi) is 4.84. The van der Waals surface area contributed by atoms with Crippen molar-refractivity contribution in [3.63, 3.8) is 0 Å². The van der Waals surface area contributed by atoms with Gasteiger partial charge in [0.1, 0.15) is 17.2 Å². The Bertz CT molecular complexity index is 1260. The zero-order valence-corrected chi connectivity index (χ0v) is 16.4. The third-order valence-corrected chi connectivity index (χ3v) is 5.67. The van der Waals surface area contributed by atoms with Crippen LogP contribution in [-0.4, -0.2) is 32.3 Å². The van der Waals surface area contributed by atoms with Crippen LogP contribution in [0.4, 0.5) is 5.69 Å². The zero-order valence-electron chi connectivity index (χ0n) is 15.6. The quantitative estimate of drug-likeness (QED) is 0.582. The SMILES string of the molecule is COc1ccc(Oc2ncccc2NS(=O)(=O)c2ccc3c(c2)C(=O)NC3=O)cc1. The number of hydrogen-bond acceptors (Lipinski definition) is 7. The number of carbonyl (C=O) groups is 2. The van der Waals surface area contributed by atoms with Gasteiger partial charge in [0.05, 0.1) is 23.1 Å². The number of benzene rings is 2. The van der Waals surface area contributed by atoms with Gasteiger partial charge in [-0.3, -0.25) is 19.6 Å². The van der Waals surface area contributed by atoms with Crippen LogP contribution in [0.3, 0.4) is 0 Å². The van der Waals surface area contributed by atoms with E-state index in [0.29, 0.717) is 11.5 Å². The molecule has 2 N–H and O–H groups in total. The first-order valence-electron chi connectivity index (χ1n) is 8.67. The summed E-state index contributed by atoms with van der Waals surface area (Å²) in [6.07, 6.45) is 1.46. The van der Waals surface area contributed by atoms with Gasteiger partial charge in [-0.2, -0.15) is 0 Å². The highest BCUT2D eigenvalue weighted by Gasteiger charge is 2.29. The first-order valence-corrected chi connectivity index (χ1v) is 10.2. The van der Waals surface area contributed by atoms with Gasteiger partial charge >= 0.3 is 0 Å². The molecule has 0 aliphatic carbocycles. The van der Waals surface area contributed by atoms with Crippen molar-refractivity contribution in [3.8, 4) is 17.4 Å². The van der Waals surface area contributed by atoms with E-state index in [4.69, 9.17) is 9.47 Å². The molecule has 9 nitrogen and oxygen atoms in total. The summed E-state index contributed by atoms with van der Waals surface area (Å²) < 4.78 is 38.9. The van der Waals surface area contributed by atoms with Crippen LogP contribution in [0.15, 0.2) is 65.7 Å². The summed E-state index contributed by atoms with van der Waals surface area (Å²) in [5, 5.41) is 2.12. The molecule has 0 saturated heterocycles. The summed E-state index contributed by atoms with van der Waals surface area (Å²) >= 11 is 0. The Morgan fingerprint density at radius 1 is 0.933 bits per heavy atom. The smallest absolute Gasteiger partial charge is 0.262 e. The lowest BCUT2D eigenvalue weighted by atomic mass is 10.1. The lowest BCUT2D eigenvalue weighted by molar-refractivity contribution is 0.0879. The van der Waals surface area contributed by atoms with E-state index in [1.54, 1.807) is 37.4 Å². The molecule has 0 fully saturated rings. The molecular formula is C20H15N3O6S. The van der Waals surface area contributed by atoms with Crippen molar-refractivity contribution >= 4 is 27.5 Å². The first kappa shape index (κ1) is 19.4. The topological polar surface area (TPSA) is 124 Å². The zero-order chi connectivity index (χ0) is 21.3. The molecule has 0 bridgehead atoms. The maximum Gasteiger partial charge on any atom is 0.262 e. The number of carbonyl (C=O) groups excluding carboxylic acids is 2. The standard InChI is InChI=1S/C20H15N3O6S/c1-28-12-4-6-13(7-5-12)29-20-17(3-2-10-21-20)23-30(26,27)14-8-9-15-16(11-14)19(25)22-18(15)24/h2-11,23H,1H3,(H,22,24,25). The number of rotatable bonds is 6. The Labute approximate surface area is 171 Å². The normalized spacial score (nSPS) is 12.8. The van der Waals surface area contributed by atoms with Crippen molar-refractivity contribution in [3.05, 3.63) is 71.9 Å². The number of aromatic nitrogens is 1. The molecule has 1 aliphatic rings. The first-order chi connectivity index (χ1) is 14.4. The summed E-state index contributed by atoms with van der Waals surface area (Å²) in [7, 11) is -2.54. The number of imide groups is 1. The van der Waals surface area contributed by atoms with Crippen molar-refractivity contribution in [2.75, 3.05) is 11.8 Å². The minimum Gasteiger partial charge on any atom is -0.497 e. The lowest BCUT2D eigenvalue weighted by Crippen LogP contribution is -2.20. The summed E-state index contributed by atoms with van der Waals surface area (Å²) in [4.78, 5) is 27.4. The number of sulfonamides is 1. The molecule has 2 amide bonds. The second-order valence-corrected chi connectivity index (χ2v) is 7.91. The van der Waals surface area contributed by atoms with Crippen LogP contribution in [0.2, 0.25) is 0 Å². The predicted molar refractivity (Wildman–Crippen MR) is 106 cm³/mol.